The Morgan fingerprint density at radius 2 is 1.91 bits per heavy atom. The van der Waals surface area contributed by atoms with E-state index in [1.165, 1.54) is 17.7 Å². The molecular weight excluding hydrogens is 474 g/mol. The highest BCUT2D eigenvalue weighted by atomic mass is 32.2. The molecular formula is C24H24F2N6O2S. The van der Waals surface area contributed by atoms with Crippen LogP contribution >= 0.6 is 11.8 Å². The lowest BCUT2D eigenvalue weighted by Gasteiger charge is -2.43. The van der Waals surface area contributed by atoms with Crippen molar-refractivity contribution < 1.29 is 18.0 Å². The van der Waals surface area contributed by atoms with Crippen molar-refractivity contribution in [3.05, 3.63) is 60.2 Å². The maximum Gasteiger partial charge on any atom is 0.325 e. The van der Waals surface area contributed by atoms with Crippen molar-refractivity contribution in [1.82, 2.24) is 25.0 Å². The lowest BCUT2D eigenvalue weighted by atomic mass is 10.2. The number of benzene rings is 1. The molecule has 0 saturated carbocycles. The van der Waals surface area contributed by atoms with E-state index in [4.69, 9.17) is 4.42 Å². The number of nitrogens with zero attached hydrogens (tertiary/aromatic N) is 6. The van der Waals surface area contributed by atoms with E-state index in [-0.39, 0.29) is 24.5 Å². The number of anilines is 1. The second-order valence-electron chi connectivity index (χ2n) is 9.07. The van der Waals surface area contributed by atoms with Gasteiger partial charge in [0.15, 0.2) is 0 Å². The Kier molecular flexibility index (Phi) is 5.89. The molecule has 2 amide bonds. The number of alkyl halides is 2. The van der Waals surface area contributed by atoms with Crippen LogP contribution in [0.15, 0.2) is 53.1 Å². The Bertz CT molecular complexity index is 1190. The van der Waals surface area contributed by atoms with Crippen molar-refractivity contribution in [2.75, 3.05) is 29.5 Å². The van der Waals surface area contributed by atoms with Gasteiger partial charge in [-0.05, 0) is 30.7 Å². The van der Waals surface area contributed by atoms with Crippen LogP contribution in [0.3, 0.4) is 0 Å². The second-order valence-corrected chi connectivity index (χ2v) is 10.1. The molecule has 3 aliphatic heterocycles. The van der Waals surface area contributed by atoms with Gasteiger partial charge >= 0.3 is 12.5 Å². The molecule has 2 aromatic heterocycles. The fourth-order valence-corrected chi connectivity index (χ4v) is 5.90. The van der Waals surface area contributed by atoms with Crippen LogP contribution < -0.4 is 4.90 Å². The van der Waals surface area contributed by atoms with E-state index in [0.717, 1.165) is 25.2 Å². The lowest BCUT2D eigenvalue weighted by molar-refractivity contribution is 0.116. The Morgan fingerprint density at radius 1 is 1.09 bits per heavy atom. The number of fused-ring (bicyclic) bond motifs is 2. The molecule has 3 aliphatic rings. The maximum atomic E-state index is 13.8. The molecule has 3 aromatic rings. The fraction of sp³-hybridized carbons (Fsp3) is 0.417. The van der Waals surface area contributed by atoms with Crippen molar-refractivity contribution in [3.63, 3.8) is 0 Å². The van der Waals surface area contributed by atoms with Gasteiger partial charge in [0.2, 0.25) is 5.89 Å². The fourth-order valence-electron chi connectivity index (χ4n) is 5.07. The number of hydrogen-bond acceptors (Lipinski definition) is 7. The van der Waals surface area contributed by atoms with Crippen LogP contribution in [0.4, 0.5) is 19.3 Å². The predicted molar refractivity (Wildman–Crippen MR) is 127 cm³/mol. The number of thioether (sulfide) groups is 1. The van der Waals surface area contributed by atoms with Crippen LogP contribution in [0.25, 0.3) is 11.5 Å². The van der Waals surface area contributed by atoms with E-state index in [0.29, 0.717) is 23.3 Å². The normalized spacial score (nSPS) is 22.1. The van der Waals surface area contributed by atoms with Crippen molar-refractivity contribution >= 4 is 23.5 Å². The summed E-state index contributed by atoms with van der Waals surface area (Å²) >= 11 is 1.99. The van der Waals surface area contributed by atoms with Gasteiger partial charge in [-0.1, -0.05) is 18.2 Å². The Balaban J connectivity index is 1.19. The summed E-state index contributed by atoms with van der Waals surface area (Å²) in [6, 6.07) is 14.3. The minimum Gasteiger partial charge on any atom is -0.415 e. The summed E-state index contributed by atoms with van der Waals surface area (Å²) in [5.74, 6) is 1.65. The number of piperazine rings is 1. The molecule has 3 fully saturated rings. The highest BCUT2D eigenvalue weighted by molar-refractivity contribution is 8.00. The van der Waals surface area contributed by atoms with Gasteiger partial charge < -0.3 is 9.32 Å². The van der Waals surface area contributed by atoms with E-state index in [1.54, 1.807) is 17.0 Å². The molecule has 6 rings (SSSR count). The minimum atomic E-state index is -2.82. The average Bonchev–Trinajstić information content (AvgIpc) is 3.58. The molecule has 0 spiro atoms. The van der Waals surface area contributed by atoms with Crippen LogP contribution in [0.1, 0.15) is 24.4 Å². The number of halogens is 2. The van der Waals surface area contributed by atoms with Crippen LogP contribution in [0, 0.1) is 0 Å². The highest BCUT2D eigenvalue weighted by Crippen LogP contribution is 2.37. The maximum absolute atomic E-state index is 13.8. The zero-order valence-electron chi connectivity index (χ0n) is 18.8. The van der Waals surface area contributed by atoms with Gasteiger partial charge in [0, 0.05) is 54.6 Å². The number of rotatable bonds is 6. The smallest absolute Gasteiger partial charge is 0.325 e. The molecule has 2 atom stereocenters. The van der Waals surface area contributed by atoms with Crippen molar-refractivity contribution in [2.24, 2.45) is 0 Å². The molecule has 11 heteroatoms. The number of amides is 2. The topological polar surface area (TPSA) is 78.6 Å². The molecule has 8 nitrogen and oxygen atoms in total. The first-order valence-corrected chi connectivity index (χ1v) is 12.8. The third kappa shape index (κ3) is 4.27. The summed E-state index contributed by atoms with van der Waals surface area (Å²) in [5, 5.41) is 7.02. The summed E-state index contributed by atoms with van der Waals surface area (Å²) in [7, 11) is 0. The summed E-state index contributed by atoms with van der Waals surface area (Å²) in [4.78, 5) is 24.6. The van der Waals surface area contributed by atoms with Crippen molar-refractivity contribution in [2.45, 2.75) is 37.5 Å². The third-order valence-electron chi connectivity index (χ3n) is 6.94. The van der Waals surface area contributed by atoms with Crippen LogP contribution in [0.2, 0.25) is 0 Å². The van der Waals surface area contributed by atoms with Crippen LogP contribution in [-0.4, -0.2) is 73.7 Å². The molecule has 0 unspecified atom stereocenters. The highest BCUT2D eigenvalue weighted by Gasteiger charge is 2.49. The van der Waals surface area contributed by atoms with Gasteiger partial charge in [0.1, 0.15) is 0 Å². The monoisotopic (exact) mass is 498 g/mol. The SMILES string of the molecule is O=C(N(Cc1ccc(-c2nnc(C(F)F)o2)cn1)c1ccccc1)N1C[C@@H]2C[C@H]1CN2C1CSC1. The Morgan fingerprint density at radius 3 is 2.51 bits per heavy atom. The van der Waals surface area contributed by atoms with Gasteiger partial charge in [-0.3, -0.25) is 14.8 Å². The van der Waals surface area contributed by atoms with Gasteiger partial charge in [0.25, 0.3) is 5.89 Å². The summed E-state index contributed by atoms with van der Waals surface area (Å²) < 4.78 is 30.5. The summed E-state index contributed by atoms with van der Waals surface area (Å²) in [6.45, 7) is 1.98. The average molecular weight is 499 g/mol. The molecule has 0 N–H and O–H groups in total. The summed E-state index contributed by atoms with van der Waals surface area (Å²) in [5.41, 5.74) is 1.91. The number of pyridine rings is 1. The van der Waals surface area contributed by atoms with E-state index >= 15 is 0 Å². The van der Waals surface area contributed by atoms with E-state index in [9.17, 15) is 13.6 Å². The number of carbonyl (C=O) groups excluding carboxylic acids is 1. The predicted octanol–water partition coefficient (Wildman–Crippen LogP) is 4.07. The molecule has 1 aromatic carbocycles. The first-order chi connectivity index (χ1) is 17.1. The number of para-hydroxylation sites is 1. The Labute approximate surface area is 205 Å². The standard InChI is InChI=1S/C24H24F2N6O2S/c25-21(26)23-29-28-22(34-23)15-6-7-16(27-9-15)10-31(17-4-2-1-3-5-17)24(33)32-12-18-8-19(32)11-30(18)20-13-35-14-20/h1-7,9,18-21H,8,10-14H2/t18-,19-/m0/s1. The first kappa shape index (κ1) is 22.4. The summed E-state index contributed by atoms with van der Waals surface area (Å²) in [6.07, 6.45) is -0.291. The number of aromatic nitrogens is 3. The van der Waals surface area contributed by atoms with E-state index in [1.807, 2.05) is 47.0 Å². The van der Waals surface area contributed by atoms with E-state index in [2.05, 4.69) is 20.1 Å². The van der Waals surface area contributed by atoms with Crippen LogP contribution in [0.5, 0.6) is 0 Å². The van der Waals surface area contributed by atoms with Crippen molar-refractivity contribution in [1.29, 1.82) is 0 Å². The molecule has 5 heterocycles. The third-order valence-corrected chi connectivity index (χ3v) is 8.18. The van der Waals surface area contributed by atoms with Crippen molar-refractivity contribution in [3.8, 4) is 11.5 Å². The number of hydrogen-bond donors (Lipinski definition) is 0. The molecule has 2 bridgehead atoms. The van der Waals surface area contributed by atoms with Gasteiger partial charge in [0.05, 0.1) is 17.8 Å². The van der Waals surface area contributed by atoms with Gasteiger partial charge in [-0.15, -0.1) is 10.2 Å². The van der Waals surface area contributed by atoms with Crippen LogP contribution in [-0.2, 0) is 6.54 Å². The molecule has 0 aliphatic carbocycles. The Hall–Kier alpha value is -3.05. The molecule has 0 radical (unpaired) electrons. The first-order valence-electron chi connectivity index (χ1n) is 11.6. The zero-order chi connectivity index (χ0) is 23.9. The van der Waals surface area contributed by atoms with Gasteiger partial charge in [-0.2, -0.15) is 20.5 Å². The molecule has 3 saturated heterocycles. The zero-order valence-corrected chi connectivity index (χ0v) is 19.7. The van der Waals surface area contributed by atoms with Gasteiger partial charge in [-0.25, -0.2) is 4.79 Å². The van der Waals surface area contributed by atoms with E-state index < -0.39 is 12.3 Å². The second kappa shape index (κ2) is 9.19. The number of likely N-dealkylation sites (tertiary alicyclic amines) is 2. The quantitative estimate of drug-likeness (QED) is 0.507. The minimum absolute atomic E-state index is 0.0159. The lowest BCUT2D eigenvalue weighted by Crippen LogP contribution is -2.57. The number of carbonyl (C=O) groups is 1. The number of urea groups is 1. The molecule has 182 valence electrons. The molecule has 35 heavy (non-hydrogen) atoms. The largest absolute Gasteiger partial charge is 0.415 e.